The second-order valence-corrected chi connectivity index (χ2v) is 8.92. The summed E-state index contributed by atoms with van der Waals surface area (Å²) in [6, 6.07) is 21.2. The van der Waals surface area contributed by atoms with Gasteiger partial charge in [-0.3, -0.25) is 19.7 Å². The van der Waals surface area contributed by atoms with E-state index >= 15 is 0 Å². The molecule has 2 N–H and O–H groups in total. The van der Waals surface area contributed by atoms with Crippen LogP contribution in [0, 0.1) is 32.8 Å². The van der Waals surface area contributed by atoms with Gasteiger partial charge in [-0.05, 0) is 54.1 Å². The highest BCUT2D eigenvalue weighted by atomic mass is 35.5. The number of non-ortho nitro benzene ring substituents is 1. The lowest BCUT2D eigenvalue weighted by atomic mass is 10.1. The first-order chi connectivity index (χ1) is 19.7. The van der Waals surface area contributed by atoms with Crippen LogP contribution in [0.4, 0.5) is 17.1 Å². The normalized spacial score (nSPS) is 10.6. The number of methoxy groups -OCH3 is 1. The Morgan fingerprint density at radius 1 is 1.02 bits per heavy atom. The van der Waals surface area contributed by atoms with E-state index in [2.05, 4.69) is 22.8 Å². The molecule has 0 heterocycles. The predicted molar refractivity (Wildman–Crippen MR) is 154 cm³/mol. The van der Waals surface area contributed by atoms with Crippen LogP contribution in [-0.4, -0.2) is 36.9 Å². The van der Waals surface area contributed by atoms with Crippen LogP contribution in [0.25, 0.3) is 6.08 Å². The summed E-state index contributed by atoms with van der Waals surface area (Å²) in [5.74, 6) is -0.879. The van der Waals surface area contributed by atoms with Gasteiger partial charge in [0, 0.05) is 36.6 Å². The number of ether oxygens (including phenoxy) is 1. The van der Waals surface area contributed by atoms with E-state index in [1.165, 1.54) is 25.3 Å². The Bertz CT molecular complexity index is 1510. The lowest BCUT2D eigenvalue weighted by molar-refractivity contribution is -0.384. The number of amides is 2. The number of nitriles is 2. The topological polar surface area (TPSA) is 161 Å². The van der Waals surface area contributed by atoms with E-state index in [9.17, 15) is 19.7 Å². The maximum atomic E-state index is 13.3. The first kappa shape index (κ1) is 30.2. The van der Waals surface area contributed by atoms with Crippen molar-refractivity contribution in [2.45, 2.75) is 12.8 Å². The fourth-order valence-corrected chi connectivity index (χ4v) is 3.91. The highest BCUT2D eigenvalue weighted by Gasteiger charge is 2.20. The second kappa shape index (κ2) is 14.7. The summed E-state index contributed by atoms with van der Waals surface area (Å²) in [5, 5.41) is 34.3. The summed E-state index contributed by atoms with van der Waals surface area (Å²) in [4.78, 5) is 38.8. The fourth-order valence-electron chi connectivity index (χ4n) is 3.71. The average Bonchev–Trinajstić information content (AvgIpc) is 2.97. The Morgan fingerprint density at radius 3 is 2.22 bits per heavy atom. The van der Waals surface area contributed by atoms with Crippen LogP contribution in [0.15, 0.2) is 72.4 Å². The van der Waals surface area contributed by atoms with Crippen LogP contribution in [0.2, 0.25) is 5.02 Å². The van der Waals surface area contributed by atoms with Crippen LogP contribution >= 0.6 is 11.6 Å². The van der Waals surface area contributed by atoms with Crippen LogP contribution in [0.3, 0.4) is 0 Å². The molecule has 0 aliphatic carbocycles. The Kier molecular flexibility index (Phi) is 10.8. The zero-order chi connectivity index (χ0) is 29.8. The minimum absolute atomic E-state index is 0.0257. The number of hydrogen-bond donors (Lipinski definition) is 2. The van der Waals surface area contributed by atoms with Crippen LogP contribution < -0.4 is 20.3 Å². The number of halogens is 1. The van der Waals surface area contributed by atoms with Gasteiger partial charge in [0.1, 0.15) is 11.4 Å². The van der Waals surface area contributed by atoms with Gasteiger partial charge in [0.05, 0.1) is 47.6 Å². The molecule has 0 aliphatic heterocycles. The predicted octanol–water partition coefficient (Wildman–Crippen LogP) is 5.30. The molecule has 12 heteroatoms. The molecule has 0 fully saturated rings. The first-order valence-electron chi connectivity index (χ1n) is 12.3. The van der Waals surface area contributed by atoms with E-state index in [0.717, 1.165) is 11.8 Å². The van der Waals surface area contributed by atoms with E-state index < -0.39 is 16.7 Å². The molecule has 0 saturated heterocycles. The molecule has 0 unspecified atom stereocenters. The third-order valence-electron chi connectivity index (χ3n) is 5.80. The van der Waals surface area contributed by atoms with Crippen LogP contribution in [-0.2, 0) is 4.79 Å². The van der Waals surface area contributed by atoms with Crippen molar-refractivity contribution in [2.75, 3.05) is 30.4 Å². The second-order valence-electron chi connectivity index (χ2n) is 8.51. The van der Waals surface area contributed by atoms with Crippen molar-refractivity contribution >= 4 is 46.6 Å². The molecule has 3 aromatic carbocycles. The molecule has 3 rings (SSSR count). The number of nitrogens with one attached hydrogen (secondary N) is 2. The van der Waals surface area contributed by atoms with Crippen LogP contribution in [0.1, 0.15) is 28.8 Å². The van der Waals surface area contributed by atoms with Gasteiger partial charge in [-0.25, -0.2) is 0 Å². The van der Waals surface area contributed by atoms with E-state index in [1.54, 1.807) is 48.5 Å². The zero-order valence-corrected chi connectivity index (χ0v) is 22.7. The number of nitro groups is 1. The lowest BCUT2D eigenvalue weighted by Crippen LogP contribution is -2.31. The van der Waals surface area contributed by atoms with Gasteiger partial charge in [-0.1, -0.05) is 23.7 Å². The molecule has 3 aromatic rings. The summed E-state index contributed by atoms with van der Waals surface area (Å²) >= 11 is 6.14. The Hall–Kier alpha value is -5.39. The van der Waals surface area contributed by atoms with E-state index in [4.69, 9.17) is 26.9 Å². The molecule has 0 spiro atoms. The first-order valence-corrected chi connectivity index (χ1v) is 12.6. The number of nitrogens with zero attached hydrogens (tertiary/aromatic N) is 4. The van der Waals surface area contributed by atoms with Crippen molar-refractivity contribution in [3.8, 4) is 17.9 Å². The molecule has 11 nitrogen and oxygen atoms in total. The molecule has 2 amide bonds. The molecule has 0 aromatic heterocycles. The Morgan fingerprint density at radius 2 is 1.66 bits per heavy atom. The van der Waals surface area contributed by atoms with Crippen molar-refractivity contribution in [3.05, 3.63) is 98.7 Å². The molecular weight excluding hydrogens is 548 g/mol. The van der Waals surface area contributed by atoms with Gasteiger partial charge >= 0.3 is 0 Å². The maximum absolute atomic E-state index is 13.3. The minimum atomic E-state index is -0.814. The standard InChI is InChI=1S/C29H25ClN6O5/c1-41-24-11-6-21(7-12-24)33-29(38)27(34-28(37)25-19-23(36(39)40)10-13-26(25)30)18-20-4-8-22(9-5-20)35(16-2-14-31)17-3-15-32/h4-13,18-19H,2-3,16-17H2,1H3,(H,33,38)(H,34,37)/b27-18-. The number of benzene rings is 3. The van der Waals surface area contributed by atoms with Crippen molar-refractivity contribution in [2.24, 2.45) is 0 Å². The van der Waals surface area contributed by atoms with Crippen molar-refractivity contribution in [1.82, 2.24) is 5.32 Å². The quantitative estimate of drug-likeness (QED) is 0.168. The third-order valence-corrected chi connectivity index (χ3v) is 6.13. The monoisotopic (exact) mass is 572 g/mol. The number of hydrogen-bond acceptors (Lipinski definition) is 8. The number of carbonyl (C=O) groups is 2. The van der Waals surface area contributed by atoms with Crippen molar-refractivity contribution in [3.63, 3.8) is 0 Å². The van der Waals surface area contributed by atoms with Crippen LogP contribution in [0.5, 0.6) is 5.75 Å². The lowest BCUT2D eigenvalue weighted by Gasteiger charge is -2.22. The zero-order valence-electron chi connectivity index (χ0n) is 22.0. The number of rotatable bonds is 12. The Balaban J connectivity index is 1.93. The molecule has 41 heavy (non-hydrogen) atoms. The largest absolute Gasteiger partial charge is 0.497 e. The van der Waals surface area contributed by atoms with Gasteiger partial charge < -0.3 is 20.3 Å². The molecule has 208 valence electrons. The summed E-state index contributed by atoms with van der Waals surface area (Å²) in [6.07, 6.45) is 2.02. The van der Waals surface area contributed by atoms with Gasteiger partial charge in [0.25, 0.3) is 17.5 Å². The van der Waals surface area contributed by atoms with E-state index in [1.807, 2.05) is 4.90 Å². The van der Waals surface area contributed by atoms with Crippen molar-refractivity contribution in [1.29, 1.82) is 10.5 Å². The van der Waals surface area contributed by atoms with Gasteiger partial charge in [-0.2, -0.15) is 10.5 Å². The number of nitro benzene ring substituents is 1. The van der Waals surface area contributed by atoms with Gasteiger partial charge in [0.15, 0.2) is 0 Å². The van der Waals surface area contributed by atoms with Gasteiger partial charge in [-0.15, -0.1) is 0 Å². The smallest absolute Gasteiger partial charge is 0.272 e. The number of anilines is 2. The molecule has 0 bridgehead atoms. The van der Waals surface area contributed by atoms with E-state index in [-0.39, 0.29) is 34.8 Å². The van der Waals surface area contributed by atoms with Crippen molar-refractivity contribution < 1.29 is 19.2 Å². The minimum Gasteiger partial charge on any atom is -0.497 e. The molecular formula is C29H25ClN6O5. The van der Waals surface area contributed by atoms with Gasteiger partial charge in [0.2, 0.25) is 0 Å². The van der Waals surface area contributed by atoms with E-state index in [0.29, 0.717) is 30.1 Å². The Labute approximate surface area is 241 Å². The third kappa shape index (κ3) is 8.55. The molecule has 0 atom stereocenters. The maximum Gasteiger partial charge on any atom is 0.272 e. The summed E-state index contributed by atoms with van der Waals surface area (Å²) in [5.41, 5.74) is 1.12. The number of carbonyl (C=O) groups excluding carboxylic acids is 2. The summed E-state index contributed by atoms with van der Waals surface area (Å²) < 4.78 is 5.13. The SMILES string of the molecule is COc1ccc(NC(=O)/C(=C/c2ccc(N(CCC#N)CCC#N)cc2)NC(=O)c2cc([N+](=O)[O-])ccc2Cl)cc1. The summed E-state index contributed by atoms with van der Waals surface area (Å²) in [7, 11) is 1.51. The highest BCUT2D eigenvalue weighted by molar-refractivity contribution is 6.34. The molecule has 0 radical (unpaired) electrons. The fraction of sp³-hybridized carbons (Fsp3) is 0.172. The highest BCUT2D eigenvalue weighted by Crippen LogP contribution is 2.23. The summed E-state index contributed by atoms with van der Waals surface area (Å²) in [6.45, 7) is 0.895. The molecule has 0 aliphatic rings. The average molecular weight is 573 g/mol. The molecule has 0 saturated carbocycles.